The zero-order valence-corrected chi connectivity index (χ0v) is 19.7. The molecule has 0 saturated heterocycles. The highest BCUT2D eigenvalue weighted by molar-refractivity contribution is 8.04. The SMILES string of the molecule is COc1cc(C(=O)ONS(=O)(=O)C(=O)c2ccccc2C)ccc1Cn1ncc2cc(N)ccc21. The summed E-state index contributed by atoms with van der Waals surface area (Å²) in [6, 6.07) is 16.2. The highest BCUT2D eigenvalue weighted by Crippen LogP contribution is 2.24. The second kappa shape index (κ2) is 9.57. The maximum Gasteiger partial charge on any atom is 0.357 e. The number of carbonyl (C=O) groups excluding carboxylic acids is 2. The fraction of sp³-hybridized carbons (Fsp3) is 0.125. The summed E-state index contributed by atoms with van der Waals surface area (Å²) in [5.74, 6) is -0.631. The third kappa shape index (κ3) is 5.00. The predicted molar refractivity (Wildman–Crippen MR) is 129 cm³/mol. The lowest BCUT2D eigenvalue weighted by atomic mass is 10.1. The molecule has 10 nitrogen and oxygen atoms in total. The Labute approximate surface area is 201 Å². The van der Waals surface area contributed by atoms with Crippen molar-refractivity contribution in [3.05, 3.63) is 89.1 Å². The van der Waals surface area contributed by atoms with E-state index in [9.17, 15) is 18.0 Å². The Morgan fingerprint density at radius 3 is 2.60 bits per heavy atom. The lowest BCUT2D eigenvalue weighted by Gasteiger charge is -2.12. The average Bonchev–Trinajstić information content (AvgIpc) is 3.24. The summed E-state index contributed by atoms with van der Waals surface area (Å²) < 4.78 is 31.8. The fourth-order valence-electron chi connectivity index (χ4n) is 3.53. The summed E-state index contributed by atoms with van der Waals surface area (Å²) in [5.41, 5.74) is 8.53. The summed E-state index contributed by atoms with van der Waals surface area (Å²) in [6.45, 7) is 1.95. The first kappa shape index (κ1) is 23.9. The molecule has 1 heterocycles. The van der Waals surface area contributed by atoms with Crippen LogP contribution >= 0.6 is 0 Å². The molecule has 0 spiro atoms. The molecule has 35 heavy (non-hydrogen) atoms. The monoisotopic (exact) mass is 494 g/mol. The van der Waals surface area contributed by atoms with Crippen molar-refractivity contribution >= 4 is 37.7 Å². The van der Waals surface area contributed by atoms with Crippen LogP contribution in [0.3, 0.4) is 0 Å². The Bertz CT molecular complexity index is 1540. The topological polar surface area (TPSA) is 143 Å². The van der Waals surface area contributed by atoms with E-state index >= 15 is 0 Å². The first-order valence-corrected chi connectivity index (χ1v) is 11.9. The molecule has 0 aliphatic carbocycles. The third-order valence-electron chi connectivity index (χ3n) is 5.36. The molecule has 0 fully saturated rings. The van der Waals surface area contributed by atoms with Crippen LogP contribution < -0.4 is 15.4 Å². The Hall–Kier alpha value is -4.22. The number of ether oxygens (including phenoxy) is 1. The molecule has 1 aromatic heterocycles. The van der Waals surface area contributed by atoms with Gasteiger partial charge in [0, 0.05) is 22.2 Å². The summed E-state index contributed by atoms with van der Waals surface area (Å²) in [4.78, 5) is 31.2. The van der Waals surface area contributed by atoms with Gasteiger partial charge in [-0.25, -0.2) is 13.2 Å². The van der Waals surface area contributed by atoms with E-state index in [0.717, 1.165) is 16.5 Å². The van der Waals surface area contributed by atoms with Crippen molar-refractivity contribution in [2.75, 3.05) is 12.8 Å². The number of nitrogens with two attached hydrogens (primary N) is 1. The van der Waals surface area contributed by atoms with Crippen molar-refractivity contribution in [1.29, 1.82) is 0 Å². The van der Waals surface area contributed by atoms with Crippen LogP contribution in [0.15, 0.2) is 66.9 Å². The number of nitrogens with one attached hydrogen (secondary N) is 1. The maximum absolute atomic E-state index is 12.5. The van der Waals surface area contributed by atoms with E-state index in [1.807, 2.05) is 12.1 Å². The van der Waals surface area contributed by atoms with Crippen LogP contribution in [0.1, 0.15) is 31.8 Å². The molecule has 0 bridgehead atoms. The highest BCUT2D eigenvalue weighted by atomic mass is 32.2. The van der Waals surface area contributed by atoms with Gasteiger partial charge < -0.3 is 15.3 Å². The maximum atomic E-state index is 12.5. The Morgan fingerprint density at radius 2 is 1.86 bits per heavy atom. The van der Waals surface area contributed by atoms with Crippen molar-refractivity contribution in [2.45, 2.75) is 13.5 Å². The number of benzene rings is 3. The number of methoxy groups -OCH3 is 1. The van der Waals surface area contributed by atoms with E-state index in [2.05, 4.69) is 5.10 Å². The van der Waals surface area contributed by atoms with Gasteiger partial charge in [-0.2, -0.15) is 5.10 Å². The first-order valence-electron chi connectivity index (χ1n) is 10.4. The van der Waals surface area contributed by atoms with E-state index < -0.39 is 21.1 Å². The minimum Gasteiger partial charge on any atom is -0.496 e. The number of rotatable bonds is 7. The molecule has 0 aliphatic rings. The number of carbonyl (C=O) groups is 2. The number of hydrogen-bond acceptors (Lipinski definition) is 8. The minimum atomic E-state index is -4.60. The van der Waals surface area contributed by atoms with Gasteiger partial charge in [0.1, 0.15) is 5.75 Å². The average molecular weight is 495 g/mol. The van der Waals surface area contributed by atoms with Crippen LogP contribution in [-0.2, 0) is 21.4 Å². The van der Waals surface area contributed by atoms with Crippen LogP contribution in [0.5, 0.6) is 5.75 Å². The van der Waals surface area contributed by atoms with Gasteiger partial charge in [-0.15, -0.1) is 0 Å². The lowest BCUT2D eigenvalue weighted by molar-refractivity contribution is 0.0407. The van der Waals surface area contributed by atoms with Crippen molar-refractivity contribution in [1.82, 2.24) is 14.7 Å². The molecule has 0 aliphatic heterocycles. The molecular formula is C24H22N4O6S. The Morgan fingerprint density at radius 1 is 1.09 bits per heavy atom. The van der Waals surface area contributed by atoms with E-state index in [4.69, 9.17) is 15.3 Å². The van der Waals surface area contributed by atoms with Gasteiger partial charge in [-0.05, 0) is 53.8 Å². The second-order valence-electron chi connectivity index (χ2n) is 7.73. The normalized spacial score (nSPS) is 11.4. The molecule has 0 atom stereocenters. The molecule has 3 N–H and O–H groups in total. The van der Waals surface area contributed by atoms with Crippen LogP contribution in [0.25, 0.3) is 10.9 Å². The zero-order chi connectivity index (χ0) is 25.2. The second-order valence-corrected chi connectivity index (χ2v) is 9.27. The number of fused-ring (bicyclic) bond motifs is 1. The minimum absolute atomic E-state index is 0.0177. The van der Waals surface area contributed by atoms with Gasteiger partial charge in [-0.3, -0.25) is 9.48 Å². The van der Waals surface area contributed by atoms with Gasteiger partial charge >= 0.3 is 16.0 Å². The molecule has 180 valence electrons. The molecule has 0 saturated carbocycles. The number of nitrogen functional groups attached to an aromatic ring is 1. The van der Waals surface area contributed by atoms with E-state index in [1.54, 1.807) is 47.0 Å². The van der Waals surface area contributed by atoms with Crippen molar-refractivity contribution in [3.8, 4) is 5.75 Å². The lowest BCUT2D eigenvalue weighted by Crippen LogP contribution is -2.33. The van der Waals surface area contributed by atoms with Crippen molar-refractivity contribution in [3.63, 3.8) is 0 Å². The van der Waals surface area contributed by atoms with E-state index in [1.165, 1.54) is 31.4 Å². The Balaban J connectivity index is 1.49. The standard InChI is InChI=1S/C24H22N4O6S/c1-15-5-3-4-6-20(15)24(30)35(31,32)27-34-23(29)16-7-8-17(22(12-16)33-2)14-28-21-10-9-19(25)11-18(21)13-26-28/h3-13,27H,14,25H2,1-2H3. The molecular weight excluding hydrogens is 472 g/mol. The van der Waals surface area contributed by atoms with E-state index in [0.29, 0.717) is 23.5 Å². The summed E-state index contributed by atoms with van der Waals surface area (Å²) >= 11 is 0. The number of aromatic nitrogens is 2. The van der Waals surface area contributed by atoms with Crippen LogP contribution in [0.4, 0.5) is 5.69 Å². The van der Waals surface area contributed by atoms with Crippen LogP contribution in [0, 0.1) is 6.92 Å². The molecule has 11 heteroatoms. The third-order valence-corrected chi connectivity index (χ3v) is 6.37. The Kier molecular flexibility index (Phi) is 6.54. The molecule has 0 radical (unpaired) electrons. The number of nitrogens with zero attached hydrogens (tertiary/aromatic N) is 2. The van der Waals surface area contributed by atoms with Crippen LogP contribution in [-0.4, -0.2) is 36.4 Å². The highest BCUT2D eigenvalue weighted by Gasteiger charge is 2.27. The molecule has 3 aromatic carbocycles. The predicted octanol–water partition coefficient (Wildman–Crippen LogP) is 2.82. The van der Waals surface area contributed by atoms with Gasteiger partial charge in [0.2, 0.25) is 0 Å². The van der Waals surface area contributed by atoms with Gasteiger partial charge in [0.15, 0.2) is 0 Å². The van der Waals surface area contributed by atoms with E-state index in [-0.39, 0.29) is 11.1 Å². The fourth-order valence-corrected chi connectivity index (χ4v) is 4.31. The van der Waals surface area contributed by atoms with Crippen molar-refractivity contribution in [2.24, 2.45) is 0 Å². The van der Waals surface area contributed by atoms with Crippen LogP contribution in [0.2, 0.25) is 0 Å². The zero-order valence-electron chi connectivity index (χ0n) is 18.9. The van der Waals surface area contributed by atoms with Gasteiger partial charge in [-0.1, -0.05) is 24.3 Å². The van der Waals surface area contributed by atoms with Gasteiger partial charge in [0.05, 0.1) is 30.9 Å². The summed E-state index contributed by atoms with van der Waals surface area (Å²) in [7, 11) is -3.16. The largest absolute Gasteiger partial charge is 0.496 e. The molecule has 4 aromatic rings. The van der Waals surface area contributed by atoms with Crippen molar-refractivity contribution < 1.29 is 27.6 Å². The molecule has 4 rings (SSSR count). The molecule has 0 amide bonds. The smallest absolute Gasteiger partial charge is 0.357 e. The molecule has 0 unspecified atom stereocenters. The first-order chi connectivity index (χ1) is 16.7. The number of hydrogen-bond donors (Lipinski definition) is 2. The quantitative estimate of drug-likeness (QED) is 0.295. The summed E-state index contributed by atoms with van der Waals surface area (Å²) in [5, 5.41) is 4.06. The number of anilines is 1. The number of aryl methyl sites for hydroxylation is 1. The number of sulfonamides is 1. The van der Waals surface area contributed by atoms with Gasteiger partial charge in [0.25, 0.3) is 5.12 Å². The summed E-state index contributed by atoms with van der Waals surface area (Å²) in [6.07, 6.45) is 1.70.